The molecule has 23 heavy (non-hydrogen) atoms. The molecule has 0 saturated carbocycles. The van der Waals surface area contributed by atoms with E-state index in [0.29, 0.717) is 19.5 Å². The van der Waals surface area contributed by atoms with Gasteiger partial charge in [0.25, 0.3) is 0 Å². The van der Waals surface area contributed by atoms with Gasteiger partial charge in [-0.25, -0.2) is 0 Å². The molecule has 1 amide bonds. The van der Waals surface area contributed by atoms with Gasteiger partial charge in [-0.1, -0.05) is 20.8 Å². The number of nitrogens with zero attached hydrogens (tertiary/aromatic N) is 1. The van der Waals surface area contributed by atoms with Gasteiger partial charge in [0.1, 0.15) is 0 Å². The average Bonchev–Trinajstić information content (AvgIpc) is 2.40. The predicted molar refractivity (Wildman–Crippen MR) is 83.1 cm³/mol. The molecule has 4 nitrogen and oxygen atoms in total. The van der Waals surface area contributed by atoms with Crippen molar-refractivity contribution in [2.24, 2.45) is 5.41 Å². The Kier molecular flexibility index (Phi) is 5.61. The highest BCUT2D eigenvalue weighted by Crippen LogP contribution is 2.28. The molecule has 0 radical (unpaired) electrons. The molecule has 2 aliphatic rings. The van der Waals surface area contributed by atoms with Crippen LogP contribution in [0.1, 0.15) is 46.5 Å². The molecule has 0 aromatic heterocycles. The normalized spacial score (nSPS) is 28.7. The van der Waals surface area contributed by atoms with E-state index in [0.717, 1.165) is 19.3 Å². The Morgan fingerprint density at radius 1 is 1.17 bits per heavy atom. The molecule has 7 heteroatoms. The minimum absolute atomic E-state index is 0.0509. The second kappa shape index (κ2) is 6.97. The lowest BCUT2D eigenvalue weighted by molar-refractivity contribution is -0.148. The van der Waals surface area contributed by atoms with Gasteiger partial charge in [-0.15, -0.1) is 0 Å². The molecular weight excluding hydrogens is 307 g/mol. The van der Waals surface area contributed by atoms with Crippen LogP contribution in [0.3, 0.4) is 0 Å². The Bertz CT molecular complexity index is 412. The molecule has 134 valence electrons. The van der Waals surface area contributed by atoms with Gasteiger partial charge in [0.15, 0.2) is 0 Å². The lowest BCUT2D eigenvalue weighted by Crippen LogP contribution is -2.62. The summed E-state index contributed by atoms with van der Waals surface area (Å²) in [5, 5.41) is 6.67. The molecule has 2 saturated heterocycles. The maximum Gasteiger partial charge on any atom is 0.401 e. The van der Waals surface area contributed by atoms with Crippen molar-refractivity contribution in [1.29, 1.82) is 0 Å². The van der Waals surface area contributed by atoms with Crippen LogP contribution < -0.4 is 10.6 Å². The van der Waals surface area contributed by atoms with E-state index in [1.807, 2.05) is 0 Å². The zero-order chi connectivity index (χ0) is 17.3. The first-order valence-electron chi connectivity index (χ1n) is 8.39. The number of carbonyl (C=O) groups excluding carboxylic acids is 1. The lowest BCUT2D eigenvalue weighted by atomic mass is 9.78. The largest absolute Gasteiger partial charge is 0.401 e. The molecule has 0 unspecified atom stereocenters. The van der Waals surface area contributed by atoms with Crippen molar-refractivity contribution in [2.75, 3.05) is 19.6 Å². The number of hydrogen-bond acceptors (Lipinski definition) is 3. The highest BCUT2D eigenvalue weighted by molar-refractivity contribution is 5.77. The van der Waals surface area contributed by atoms with Crippen molar-refractivity contribution in [3.63, 3.8) is 0 Å². The Hall–Kier alpha value is -0.820. The third-order valence-corrected chi connectivity index (χ3v) is 4.77. The van der Waals surface area contributed by atoms with E-state index < -0.39 is 12.7 Å². The Morgan fingerprint density at radius 2 is 1.78 bits per heavy atom. The molecule has 0 bridgehead atoms. The highest BCUT2D eigenvalue weighted by Gasteiger charge is 2.38. The SMILES string of the molecule is CC(C)(C)[C@@H]1NC(=O)CC[C@H]1NC1CCN(CC(F)(F)F)CC1. The summed E-state index contributed by atoms with van der Waals surface area (Å²) >= 11 is 0. The first-order chi connectivity index (χ1) is 10.5. The van der Waals surface area contributed by atoms with E-state index in [1.165, 1.54) is 4.90 Å². The van der Waals surface area contributed by atoms with Gasteiger partial charge < -0.3 is 10.6 Å². The summed E-state index contributed by atoms with van der Waals surface area (Å²) < 4.78 is 37.3. The maximum absolute atomic E-state index is 12.4. The zero-order valence-corrected chi connectivity index (χ0v) is 14.2. The van der Waals surface area contributed by atoms with Gasteiger partial charge in [0.05, 0.1) is 6.54 Å². The van der Waals surface area contributed by atoms with E-state index in [2.05, 4.69) is 31.4 Å². The first-order valence-corrected chi connectivity index (χ1v) is 8.39. The molecule has 2 aliphatic heterocycles. The summed E-state index contributed by atoms with van der Waals surface area (Å²) in [4.78, 5) is 13.2. The summed E-state index contributed by atoms with van der Waals surface area (Å²) in [6.07, 6.45) is -1.38. The monoisotopic (exact) mass is 335 g/mol. The Morgan fingerprint density at radius 3 is 2.30 bits per heavy atom. The minimum atomic E-state index is -4.12. The van der Waals surface area contributed by atoms with Gasteiger partial charge in [-0.05, 0) is 37.8 Å². The summed E-state index contributed by atoms with van der Waals surface area (Å²) in [6, 6.07) is 0.466. The summed E-state index contributed by atoms with van der Waals surface area (Å²) in [7, 11) is 0. The lowest BCUT2D eigenvalue weighted by Gasteiger charge is -2.44. The summed E-state index contributed by atoms with van der Waals surface area (Å²) in [6.45, 7) is 6.42. The number of rotatable bonds is 3. The van der Waals surface area contributed by atoms with Crippen LogP contribution in [0.5, 0.6) is 0 Å². The third kappa shape index (κ3) is 5.64. The summed E-state index contributed by atoms with van der Waals surface area (Å²) in [5.74, 6) is 0.0861. The van der Waals surface area contributed by atoms with Crippen LogP contribution in [-0.4, -0.2) is 54.7 Å². The van der Waals surface area contributed by atoms with E-state index in [4.69, 9.17) is 0 Å². The number of piperidine rings is 2. The van der Waals surface area contributed by atoms with Crippen LogP contribution >= 0.6 is 0 Å². The van der Waals surface area contributed by atoms with Crippen LogP contribution in [0.15, 0.2) is 0 Å². The van der Waals surface area contributed by atoms with E-state index in [9.17, 15) is 18.0 Å². The van der Waals surface area contributed by atoms with Crippen LogP contribution in [0.2, 0.25) is 0 Å². The number of hydrogen-bond donors (Lipinski definition) is 2. The summed E-state index contributed by atoms with van der Waals surface area (Å²) in [5.41, 5.74) is -0.0509. The molecule has 2 rings (SSSR count). The smallest absolute Gasteiger partial charge is 0.351 e. The number of halogens is 3. The van der Waals surface area contributed by atoms with Gasteiger partial charge >= 0.3 is 6.18 Å². The molecule has 0 aliphatic carbocycles. The van der Waals surface area contributed by atoms with Crippen molar-refractivity contribution < 1.29 is 18.0 Å². The second-order valence-corrected chi connectivity index (χ2v) is 7.89. The quantitative estimate of drug-likeness (QED) is 0.832. The topological polar surface area (TPSA) is 44.4 Å². The van der Waals surface area contributed by atoms with Crippen LogP contribution in [0.25, 0.3) is 0 Å². The standard InChI is InChI=1S/C16H28F3N3O/c1-15(2,3)14-12(4-5-13(23)21-14)20-11-6-8-22(9-7-11)10-16(17,18)19/h11-12,14,20H,4-10H2,1-3H3,(H,21,23)/t12-,14-/m1/s1. The van der Waals surface area contributed by atoms with Crippen LogP contribution in [0, 0.1) is 5.41 Å². The van der Waals surface area contributed by atoms with Gasteiger partial charge in [-0.2, -0.15) is 13.2 Å². The fraction of sp³-hybridized carbons (Fsp3) is 0.938. The third-order valence-electron chi connectivity index (χ3n) is 4.77. The van der Waals surface area contributed by atoms with Crippen molar-refractivity contribution in [3.05, 3.63) is 0 Å². The van der Waals surface area contributed by atoms with Gasteiger partial charge in [0, 0.05) is 24.5 Å². The second-order valence-electron chi connectivity index (χ2n) is 7.89. The minimum Gasteiger partial charge on any atom is -0.351 e. The number of alkyl halides is 3. The number of amides is 1. The zero-order valence-electron chi connectivity index (χ0n) is 14.2. The molecular formula is C16H28F3N3O. The fourth-order valence-corrected chi connectivity index (χ4v) is 3.61. The maximum atomic E-state index is 12.4. The molecule has 0 spiro atoms. The first kappa shape index (κ1) is 18.5. The number of likely N-dealkylation sites (tertiary alicyclic amines) is 1. The molecule has 2 N–H and O–H groups in total. The van der Waals surface area contributed by atoms with Crippen molar-refractivity contribution >= 4 is 5.91 Å². The average molecular weight is 335 g/mol. The Balaban J connectivity index is 1.86. The van der Waals surface area contributed by atoms with Crippen molar-refractivity contribution in [1.82, 2.24) is 15.5 Å². The molecule has 2 heterocycles. The Labute approximate surface area is 136 Å². The molecule has 2 fully saturated rings. The molecule has 0 aromatic rings. The predicted octanol–water partition coefficient (Wildman–Crippen LogP) is 2.30. The van der Waals surface area contributed by atoms with Crippen molar-refractivity contribution in [3.8, 4) is 0 Å². The van der Waals surface area contributed by atoms with Crippen molar-refractivity contribution in [2.45, 2.75) is 70.8 Å². The van der Waals surface area contributed by atoms with E-state index >= 15 is 0 Å². The van der Waals surface area contributed by atoms with Crippen LogP contribution in [-0.2, 0) is 4.79 Å². The van der Waals surface area contributed by atoms with Gasteiger partial charge in [0.2, 0.25) is 5.91 Å². The molecule has 2 atom stereocenters. The van der Waals surface area contributed by atoms with E-state index in [1.54, 1.807) is 0 Å². The van der Waals surface area contributed by atoms with E-state index in [-0.39, 0.29) is 29.4 Å². The molecule has 0 aromatic carbocycles. The highest BCUT2D eigenvalue weighted by atomic mass is 19.4. The van der Waals surface area contributed by atoms with Crippen LogP contribution in [0.4, 0.5) is 13.2 Å². The van der Waals surface area contributed by atoms with Gasteiger partial charge in [-0.3, -0.25) is 9.69 Å². The fourth-order valence-electron chi connectivity index (χ4n) is 3.61. The number of carbonyl (C=O) groups is 1. The number of nitrogens with one attached hydrogen (secondary N) is 2.